The van der Waals surface area contributed by atoms with E-state index in [-0.39, 0.29) is 12.1 Å². The lowest BCUT2D eigenvalue weighted by atomic mass is 9.85. The Morgan fingerprint density at radius 1 is 1.45 bits per heavy atom. The van der Waals surface area contributed by atoms with Crippen LogP contribution in [-0.4, -0.2) is 17.9 Å². The Labute approximate surface area is 64.8 Å². The van der Waals surface area contributed by atoms with Gasteiger partial charge in [-0.1, -0.05) is 6.42 Å². The van der Waals surface area contributed by atoms with E-state index in [4.69, 9.17) is 0 Å². The SMILES string of the molecule is O=CC(=O)C1CCCCC1=O. The fourth-order valence-corrected chi connectivity index (χ4v) is 1.37. The van der Waals surface area contributed by atoms with Crippen LogP contribution in [0.2, 0.25) is 0 Å². The summed E-state index contributed by atoms with van der Waals surface area (Å²) in [6.07, 6.45) is 3.03. The number of carbonyl (C=O) groups is 3. The first kappa shape index (κ1) is 8.11. The largest absolute Gasteiger partial charge is 0.299 e. The van der Waals surface area contributed by atoms with Gasteiger partial charge in [-0.25, -0.2) is 0 Å². The number of hydrogen-bond donors (Lipinski definition) is 0. The smallest absolute Gasteiger partial charge is 0.205 e. The molecule has 0 spiro atoms. The summed E-state index contributed by atoms with van der Waals surface area (Å²) in [6.45, 7) is 0. The minimum Gasteiger partial charge on any atom is -0.299 e. The van der Waals surface area contributed by atoms with Crippen LogP contribution in [-0.2, 0) is 14.4 Å². The van der Waals surface area contributed by atoms with Crippen LogP contribution in [0.15, 0.2) is 0 Å². The van der Waals surface area contributed by atoms with Gasteiger partial charge in [0.2, 0.25) is 5.78 Å². The summed E-state index contributed by atoms with van der Waals surface area (Å²) in [7, 11) is 0. The highest BCUT2D eigenvalue weighted by Crippen LogP contribution is 2.20. The third kappa shape index (κ3) is 1.73. The molecule has 1 saturated carbocycles. The second-order valence-electron chi connectivity index (χ2n) is 2.78. The molecule has 0 aromatic carbocycles. The molecule has 0 amide bonds. The summed E-state index contributed by atoms with van der Waals surface area (Å²) >= 11 is 0. The van der Waals surface area contributed by atoms with E-state index in [1.54, 1.807) is 0 Å². The van der Waals surface area contributed by atoms with Crippen LogP contribution in [0.25, 0.3) is 0 Å². The zero-order valence-corrected chi connectivity index (χ0v) is 6.21. The molecule has 1 atom stereocenters. The molecule has 0 radical (unpaired) electrons. The van der Waals surface area contributed by atoms with Gasteiger partial charge in [0.15, 0.2) is 6.29 Å². The number of hydrogen-bond acceptors (Lipinski definition) is 3. The zero-order valence-electron chi connectivity index (χ0n) is 6.21. The fourth-order valence-electron chi connectivity index (χ4n) is 1.37. The first-order valence-electron chi connectivity index (χ1n) is 3.77. The third-order valence-electron chi connectivity index (χ3n) is 2.01. The van der Waals surface area contributed by atoms with Crippen molar-refractivity contribution in [1.82, 2.24) is 0 Å². The lowest BCUT2D eigenvalue weighted by molar-refractivity contribution is -0.139. The van der Waals surface area contributed by atoms with Gasteiger partial charge < -0.3 is 0 Å². The van der Waals surface area contributed by atoms with E-state index < -0.39 is 11.7 Å². The Morgan fingerprint density at radius 3 is 2.73 bits per heavy atom. The van der Waals surface area contributed by atoms with Crippen molar-refractivity contribution in [2.75, 3.05) is 0 Å². The molecule has 0 bridgehead atoms. The minimum absolute atomic E-state index is 0.0617. The minimum atomic E-state index is -0.610. The zero-order chi connectivity index (χ0) is 8.27. The first-order chi connectivity index (χ1) is 5.25. The Hall–Kier alpha value is -0.990. The summed E-state index contributed by atoms with van der Waals surface area (Å²) in [5.41, 5.74) is 0. The Morgan fingerprint density at radius 2 is 2.18 bits per heavy atom. The molecule has 0 aromatic heterocycles. The van der Waals surface area contributed by atoms with Gasteiger partial charge in [-0.3, -0.25) is 14.4 Å². The molecule has 3 heteroatoms. The summed E-state index contributed by atoms with van der Waals surface area (Å²) in [4.78, 5) is 31.9. The van der Waals surface area contributed by atoms with Gasteiger partial charge in [0.05, 0.1) is 5.92 Å². The van der Waals surface area contributed by atoms with Crippen molar-refractivity contribution in [2.45, 2.75) is 25.7 Å². The lowest BCUT2D eigenvalue weighted by Gasteiger charge is -2.16. The summed E-state index contributed by atoms with van der Waals surface area (Å²) in [5, 5.41) is 0. The van der Waals surface area contributed by atoms with Crippen LogP contribution in [0, 0.1) is 5.92 Å². The van der Waals surface area contributed by atoms with Crippen LogP contribution >= 0.6 is 0 Å². The van der Waals surface area contributed by atoms with E-state index in [0.717, 1.165) is 12.8 Å². The van der Waals surface area contributed by atoms with Crippen LogP contribution in [0.5, 0.6) is 0 Å². The van der Waals surface area contributed by atoms with E-state index >= 15 is 0 Å². The van der Waals surface area contributed by atoms with Crippen molar-refractivity contribution in [3.8, 4) is 0 Å². The van der Waals surface area contributed by atoms with E-state index in [1.165, 1.54) is 0 Å². The van der Waals surface area contributed by atoms with E-state index in [2.05, 4.69) is 0 Å². The highest BCUT2D eigenvalue weighted by atomic mass is 16.2. The van der Waals surface area contributed by atoms with Crippen molar-refractivity contribution in [3.05, 3.63) is 0 Å². The van der Waals surface area contributed by atoms with Crippen molar-refractivity contribution >= 4 is 17.9 Å². The number of rotatable bonds is 2. The van der Waals surface area contributed by atoms with Gasteiger partial charge in [-0.05, 0) is 12.8 Å². The van der Waals surface area contributed by atoms with Gasteiger partial charge >= 0.3 is 0 Å². The predicted octanol–water partition coefficient (Wildman–Crippen LogP) is 0.514. The molecular formula is C8H10O3. The highest BCUT2D eigenvalue weighted by molar-refractivity contribution is 6.31. The van der Waals surface area contributed by atoms with E-state index in [0.29, 0.717) is 12.8 Å². The maximum absolute atomic E-state index is 11.0. The van der Waals surface area contributed by atoms with Gasteiger partial charge in [0.25, 0.3) is 0 Å². The molecule has 0 aromatic rings. The molecule has 1 aliphatic rings. The van der Waals surface area contributed by atoms with Crippen molar-refractivity contribution in [2.24, 2.45) is 5.92 Å². The normalized spacial score (nSPS) is 24.7. The quantitative estimate of drug-likeness (QED) is 0.331. The van der Waals surface area contributed by atoms with Crippen molar-refractivity contribution in [1.29, 1.82) is 0 Å². The van der Waals surface area contributed by atoms with Crippen molar-refractivity contribution in [3.63, 3.8) is 0 Å². The van der Waals surface area contributed by atoms with E-state index in [1.807, 2.05) is 0 Å². The first-order valence-corrected chi connectivity index (χ1v) is 3.77. The molecule has 60 valence electrons. The molecule has 0 heterocycles. The Bertz CT molecular complexity index is 196. The fraction of sp³-hybridized carbons (Fsp3) is 0.625. The number of ketones is 2. The van der Waals surface area contributed by atoms with Gasteiger partial charge in [-0.15, -0.1) is 0 Å². The van der Waals surface area contributed by atoms with Crippen LogP contribution in [0.4, 0.5) is 0 Å². The Balaban J connectivity index is 2.61. The maximum atomic E-state index is 11.0. The lowest BCUT2D eigenvalue weighted by Crippen LogP contribution is -2.27. The van der Waals surface area contributed by atoms with E-state index in [9.17, 15) is 14.4 Å². The molecule has 0 saturated heterocycles. The Kier molecular flexibility index (Phi) is 2.52. The van der Waals surface area contributed by atoms with Crippen LogP contribution in [0.1, 0.15) is 25.7 Å². The molecule has 11 heavy (non-hydrogen) atoms. The molecule has 1 unspecified atom stereocenters. The standard InChI is InChI=1S/C8H10O3/c9-5-8(11)6-3-1-2-4-7(6)10/h5-6H,1-4H2. The molecular weight excluding hydrogens is 144 g/mol. The van der Waals surface area contributed by atoms with Gasteiger partial charge in [-0.2, -0.15) is 0 Å². The third-order valence-corrected chi connectivity index (χ3v) is 2.01. The monoisotopic (exact) mass is 154 g/mol. The van der Waals surface area contributed by atoms with Gasteiger partial charge in [0, 0.05) is 6.42 Å². The van der Waals surface area contributed by atoms with Gasteiger partial charge in [0.1, 0.15) is 5.78 Å². The second kappa shape index (κ2) is 3.42. The molecule has 0 aliphatic heterocycles. The topological polar surface area (TPSA) is 51.2 Å². The molecule has 1 fully saturated rings. The van der Waals surface area contributed by atoms with Crippen LogP contribution in [0.3, 0.4) is 0 Å². The molecule has 1 rings (SSSR count). The number of aldehydes is 1. The summed E-state index contributed by atoms with van der Waals surface area (Å²) in [6, 6.07) is 0. The predicted molar refractivity (Wildman–Crippen MR) is 38.0 cm³/mol. The van der Waals surface area contributed by atoms with Crippen LogP contribution < -0.4 is 0 Å². The van der Waals surface area contributed by atoms with Crippen molar-refractivity contribution < 1.29 is 14.4 Å². The summed E-state index contributed by atoms with van der Waals surface area (Å²) < 4.78 is 0. The molecule has 3 nitrogen and oxygen atoms in total. The second-order valence-corrected chi connectivity index (χ2v) is 2.78. The average Bonchev–Trinajstić information content (AvgIpc) is 2.04. The number of Topliss-reactive ketones (excluding diaryl/α,β-unsaturated/α-hetero) is 2. The molecule has 0 N–H and O–H groups in total. The maximum Gasteiger partial charge on any atom is 0.205 e. The number of carbonyl (C=O) groups excluding carboxylic acids is 3. The average molecular weight is 154 g/mol. The summed E-state index contributed by atoms with van der Waals surface area (Å²) in [5.74, 6) is -1.22. The highest BCUT2D eigenvalue weighted by Gasteiger charge is 2.27. The molecule has 1 aliphatic carbocycles.